The van der Waals surface area contributed by atoms with Crippen LogP contribution in [-0.2, 0) is 14.8 Å². The summed E-state index contributed by atoms with van der Waals surface area (Å²) in [4.78, 5) is 24.9. The number of amides is 1. The number of hydrogen-bond acceptors (Lipinski definition) is 5. The summed E-state index contributed by atoms with van der Waals surface area (Å²) in [5.41, 5.74) is 0.835. The SMILES string of the molecule is NS(=O)(=O)c1ccc(NC(=O)COc2ccc(Cl)cc2C(=O)c2ccccc2)c(Cl)c1. The zero-order valence-electron chi connectivity index (χ0n) is 15.8. The highest BCUT2D eigenvalue weighted by Gasteiger charge is 2.17. The number of halogens is 2. The fraction of sp³-hybridized carbons (Fsp3) is 0.0476. The molecule has 3 aromatic carbocycles. The van der Waals surface area contributed by atoms with E-state index in [0.29, 0.717) is 10.6 Å². The molecule has 0 saturated heterocycles. The summed E-state index contributed by atoms with van der Waals surface area (Å²) in [6.45, 7) is -0.427. The van der Waals surface area contributed by atoms with Crippen molar-refractivity contribution in [2.24, 2.45) is 5.14 Å². The Kier molecular flexibility index (Phi) is 6.97. The predicted octanol–water partition coefficient (Wildman–Crippen LogP) is 3.89. The summed E-state index contributed by atoms with van der Waals surface area (Å²) in [6, 6.07) is 16.7. The van der Waals surface area contributed by atoms with Crippen molar-refractivity contribution in [2.45, 2.75) is 4.90 Å². The highest BCUT2D eigenvalue weighted by Crippen LogP contribution is 2.27. The van der Waals surface area contributed by atoms with E-state index >= 15 is 0 Å². The molecule has 0 aromatic heterocycles. The molecule has 1 amide bonds. The van der Waals surface area contributed by atoms with Gasteiger partial charge in [-0.15, -0.1) is 0 Å². The molecule has 0 atom stereocenters. The zero-order chi connectivity index (χ0) is 22.6. The van der Waals surface area contributed by atoms with Gasteiger partial charge in [-0.1, -0.05) is 53.5 Å². The molecule has 0 heterocycles. The van der Waals surface area contributed by atoms with Crippen LogP contribution in [-0.4, -0.2) is 26.7 Å². The molecule has 160 valence electrons. The highest BCUT2D eigenvalue weighted by atomic mass is 35.5. The van der Waals surface area contributed by atoms with Crippen LogP contribution in [0.25, 0.3) is 0 Å². The lowest BCUT2D eigenvalue weighted by Crippen LogP contribution is -2.21. The van der Waals surface area contributed by atoms with E-state index in [1.165, 1.54) is 24.3 Å². The maximum Gasteiger partial charge on any atom is 0.262 e. The Balaban J connectivity index is 1.73. The quantitative estimate of drug-likeness (QED) is 0.499. The standard InChI is InChI=1S/C21H16Cl2N2O5S/c22-14-6-9-19(16(10-14)21(27)13-4-2-1-3-5-13)30-12-20(26)25-18-8-7-15(11-17(18)23)31(24,28)29/h1-11H,12H2,(H,25,26)(H2,24,28,29). The lowest BCUT2D eigenvalue weighted by atomic mass is 10.0. The molecule has 0 spiro atoms. The van der Waals surface area contributed by atoms with Crippen LogP contribution in [0.15, 0.2) is 71.6 Å². The van der Waals surface area contributed by atoms with E-state index < -0.39 is 22.5 Å². The first-order valence-corrected chi connectivity index (χ1v) is 11.1. The molecule has 0 aliphatic rings. The van der Waals surface area contributed by atoms with Gasteiger partial charge in [0.05, 0.1) is 21.2 Å². The fourth-order valence-corrected chi connectivity index (χ4v) is 3.66. The minimum absolute atomic E-state index is 0.00804. The van der Waals surface area contributed by atoms with E-state index in [-0.39, 0.29) is 32.7 Å². The number of nitrogens with two attached hydrogens (primary N) is 1. The third-order valence-electron chi connectivity index (χ3n) is 4.12. The molecule has 3 aromatic rings. The lowest BCUT2D eigenvalue weighted by molar-refractivity contribution is -0.118. The number of ether oxygens (including phenoxy) is 1. The smallest absolute Gasteiger partial charge is 0.262 e. The van der Waals surface area contributed by atoms with Gasteiger partial charge in [0.25, 0.3) is 5.91 Å². The minimum Gasteiger partial charge on any atom is -0.483 e. The Hall–Kier alpha value is -2.91. The monoisotopic (exact) mass is 478 g/mol. The van der Waals surface area contributed by atoms with Crippen molar-refractivity contribution in [3.8, 4) is 5.75 Å². The van der Waals surface area contributed by atoms with Gasteiger partial charge in [0.1, 0.15) is 5.75 Å². The molecule has 31 heavy (non-hydrogen) atoms. The van der Waals surface area contributed by atoms with Crippen LogP contribution in [0.3, 0.4) is 0 Å². The van der Waals surface area contributed by atoms with Gasteiger partial charge in [0.15, 0.2) is 12.4 Å². The van der Waals surface area contributed by atoms with E-state index in [9.17, 15) is 18.0 Å². The lowest BCUT2D eigenvalue weighted by Gasteiger charge is -2.12. The molecular formula is C21H16Cl2N2O5S. The Labute approximate surface area is 188 Å². The molecule has 0 saturated carbocycles. The topological polar surface area (TPSA) is 116 Å². The molecule has 0 aliphatic heterocycles. The van der Waals surface area contributed by atoms with Crippen LogP contribution >= 0.6 is 23.2 Å². The molecule has 0 bridgehead atoms. The number of anilines is 1. The fourth-order valence-electron chi connectivity index (χ4n) is 2.65. The van der Waals surface area contributed by atoms with E-state index in [4.69, 9.17) is 33.1 Å². The van der Waals surface area contributed by atoms with Crippen LogP contribution in [0, 0.1) is 0 Å². The third kappa shape index (κ3) is 5.83. The maximum atomic E-state index is 12.8. The van der Waals surface area contributed by atoms with Crippen molar-refractivity contribution in [1.29, 1.82) is 0 Å². The maximum absolute atomic E-state index is 12.8. The third-order valence-corrected chi connectivity index (χ3v) is 5.58. The van der Waals surface area contributed by atoms with E-state index in [1.54, 1.807) is 36.4 Å². The Morgan fingerprint density at radius 1 is 0.968 bits per heavy atom. The van der Waals surface area contributed by atoms with Crippen molar-refractivity contribution < 1.29 is 22.7 Å². The second-order valence-corrected chi connectivity index (χ2v) is 8.76. The molecular weight excluding hydrogens is 463 g/mol. The van der Waals surface area contributed by atoms with Crippen molar-refractivity contribution in [3.63, 3.8) is 0 Å². The van der Waals surface area contributed by atoms with Gasteiger partial charge in [-0.3, -0.25) is 9.59 Å². The van der Waals surface area contributed by atoms with Gasteiger partial charge in [-0.05, 0) is 36.4 Å². The van der Waals surface area contributed by atoms with Crippen molar-refractivity contribution in [1.82, 2.24) is 0 Å². The number of sulfonamides is 1. The van der Waals surface area contributed by atoms with Crippen LogP contribution in [0.1, 0.15) is 15.9 Å². The highest BCUT2D eigenvalue weighted by molar-refractivity contribution is 7.89. The number of benzene rings is 3. The van der Waals surface area contributed by atoms with Crippen molar-refractivity contribution in [3.05, 3.63) is 87.9 Å². The van der Waals surface area contributed by atoms with Gasteiger partial charge in [-0.2, -0.15) is 0 Å². The number of hydrogen-bond donors (Lipinski definition) is 2. The molecule has 3 N–H and O–H groups in total. The molecule has 0 radical (unpaired) electrons. The molecule has 0 unspecified atom stereocenters. The first kappa shape index (κ1) is 22.8. The number of nitrogens with one attached hydrogen (secondary N) is 1. The summed E-state index contributed by atoms with van der Waals surface area (Å²) < 4.78 is 28.3. The first-order chi connectivity index (χ1) is 14.6. The van der Waals surface area contributed by atoms with E-state index in [0.717, 1.165) is 6.07 Å². The Morgan fingerprint density at radius 2 is 1.68 bits per heavy atom. The Morgan fingerprint density at radius 3 is 2.32 bits per heavy atom. The summed E-state index contributed by atoms with van der Waals surface area (Å²) in [5.74, 6) is -0.692. The van der Waals surface area contributed by atoms with E-state index in [1.807, 2.05) is 0 Å². The summed E-state index contributed by atoms with van der Waals surface area (Å²) in [5, 5.41) is 7.90. The van der Waals surface area contributed by atoms with E-state index in [2.05, 4.69) is 5.32 Å². The average molecular weight is 479 g/mol. The first-order valence-electron chi connectivity index (χ1n) is 8.79. The van der Waals surface area contributed by atoms with Gasteiger partial charge in [0, 0.05) is 10.6 Å². The number of primary sulfonamides is 1. The molecule has 3 rings (SSSR count). The second kappa shape index (κ2) is 9.49. The largest absolute Gasteiger partial charge is 0.483 e. The molecule has 0 aliphatic carbocycles. The second-order valence-electron chi connectivity index (χ2n) is 6.36. The summed E-state index contributed by atoms with van der Waals surface area (Å²) >= 11 is 12.0. The zero-order valence-corrected chi connectivity index (χ0v) is 18.2. The molecule has 7 nitrogen and oxygen atoms in total. The summed E-state index contributed by atoms with van der Waals surface area (Å²) in [6.07, 6.45) is 0. The van der Waals surface area contributed by atoms with Gasteiger partial charge in [0.2, 0.25) is 10.0 Å². The average Bonchev–Trinajstić information content (AvgIpc) is 2.73. The minimum atomic E-state index is -3.92. The van der Waals surface area contributed by atoms with Crippen LogP contribution in [0.5, 0.6) is 5.75 Å². The normalized spacial score (nSPS) is 11.1. The van der Waals surface area contributed by atoms with Gasteiger partial charge < -0.3 is 10.1 Å². The molecule has 10 heteroatoms. The van der Waals surface area contributed by atoms with Crippen LogP contribution in [0.2, 0.25) is 10.0 Å². The molecule has 0 fully saturated rings. The van der Waals surface area contributed by atoms with Gasteiger partial charge in [-0.25, -0.2) is 13.6 Å². The Bertz CT molecular complexity index is 1250. The summed E-state index contributed by atoms with van der Waals surface area (Å²) in [7, 11) is -3.92. The number of ketones is 1. The number of rotatable bonds is 7. The van der Waals surface area contributed by atoms with Crippen LogP contribution < -0.4 is 15.2 Å². The number of carbonyl (C=O) groups excluding carboxylic acids is 2. The van der Waals surface area contributed by atoms with Crippen LogP contribution in [0.4, 0.5) is 5.69 Å². The number of carbonyl (C=O) groups is 2. The van der Waals surface area contributed by atoms with Crippen molar-refractivity contribution >= 4 is 50.6 Å². The van der Waals surface area contributed by atoms with Crippen molar-refractivity contribution in [2.75, 3.05) is 11.9 Å². The van der Waals surface area contributed by atoms with Gasteiger partial charge >= 0.3 is 0 Å². The predicted molar refractivity (Wildman–Crippen MR) is 118 cm³/mol.